The van der Waals surface area contributed by atoms with Crippen molar-refractivity contribution in [2.24, 2.45) is 5.10 Å². The Kier molecular flexibility index (Phi) is 5.37. The highest BCUT2D eigenvalue weighted by Gasteiger charge is 2.09. The van der Waals surface area contributed by atoms with E-state index in [-0.39, 0.29) is 5.91 Å². The average Bonchev–Trinajstić information content (AvgIpc) is 3.44. The summed E-state index contributed by atoms with van der Waals surface area (Å²) in [5, 5.41) is 6.59. The molecule has 0 radical (unpaired) electrons. The number of carbonyl (C=O) groups excluding carboxylic acids is 1. The molecule has 2 aromatic heterocycles. The summed E-state index contributed by atoms with van der Waals surface area (Å²) in [4.78, 5) is 12.7. The topological polar surface area (TPSA) is 51.3 Å². The van der Waals surface area contributed by atoms with Crippen LogP contribution < -0.4 is 5.43 Å². The van der Waals surface area contributed by atoms with Gasteiger partial charge >= 0.3 is 0 Å². The van der Waals surface area contributed by atoms with Crippen molar-refractivity contribution in [3.05, 3.63) is 120 Å². The summed E-state index contributed by atoms with van der Waals surface area (Å²) in [6, 6.07) is 30.2. The largest absolute Gasteiger partial charge is 0.318 e. The van der Waals surface area contributed by atoms with Crippen molar-refractivity contribution in [3.8, 4) is 11.4 Å². The maximum absolute atomic E-state index is 12.7. The number of aryl methyl sites for hydroxylation is 2. The van der Waals surface area contributed by atoms with Crippen molar-refractivity contribution in [2.45, 2.75) is 13.8 Å². The summed E-state index contributed by atoms with van der Waals surface area (Å²) in [7, 11) is 0. The summed E-state index contributed by atoms with van der Waals surface area (Å²) in [6.07, 6.45) is 3.65. The van der Waals surface area contributed by atoms with Crippen LogP contribution in [0, 0.1) is 13.8 Å². The Morgan fingerprint density at radius 1 is 0.788 bits per heavy atom. The van der Waals surface area contributed by atoms with E-state index in [9.17, 15) is 4.79 Å². The van der Waals surface area contributed by atoms with E-state index < -0.39 is 0 Å². The standard InChI is InChI=1S/C28H24N4O/c1-20-12-13-21(2)32(20)26-10-5-9-24(18-26)28(33)30-29-19-27-11-6-16-31(27)25-15-14-22-7-3-4-8-23(22)17-25/h3-19H,1-2H3,(H,30,33)/b29-19+. The maximum atomic E-state index is 12.7. The van der Waals surface area contributed by atoms with Crippen molar-refractivity contribution in [1.29, 1.82) is 0 Å². The van der Waals surface area contributed by atoms with Crippen molar-refractivity contribution in [1.82, 2.24) is 14.6 Å². The molecular formula is C28H24N4O. The van der Waals surface area contributed by atoms with Gasteiger partial charge < -0.3 is 9.13 Å². The number of fused-ring (bicyclic) bond motifs is 1. The Bertz CT molecular complexity index is 1470. The lowest BCUT2D eigenvalue weighted by Gasteiger charge is -2.10. The van der Waals surface area contributed by atoms with Crippen LogP contribution in [0.2, 0.25) is 0 Å². The van der Waals surface area contributed by atoms with Gasteiger partial charge in [0.2, 0.25) is 0 Å². The van der Waals surface area contributed by atoms with Crippen LogP contribution >= 0.6 is 0 Å². The number of aromatic nitrogens is 2. The molecule has 0 fully saturated rings. The van der Waals surface area contributed by atoms with E-state index in [0.717, 1.165) is 28.5 Å². The molecule has 0 bridgehead atoms. The number of amides is 1. The minimum absolute atomic E-state index is 0.251. The average molecular weight is 433 g/mol. The first kappa shape index (κ1) is 20.5. The molecule has 0 unspecified atom stereocenters. The predicted octanol–water partition coefficient (Wildman–Crippen LogP) is 5.80. The van der Waals surface area contributed by atoms with Gasteiger partial charge in [0.05, 0.1) is 11.9 Å². The highest BCUT2D eigenvalue weighted by Crippen LogP contribution is 2.20. The molecule has 0 atom stereocenters. The highest BCUT2D eigenvalue weighted by atomic mass is 16.2. The van der Waals surface area contributed by atoms with Crippen LogP contribution in [0.5, 0.6) is 0 Å². The van der Waals surface area contributed by atoms with Crippen molar-refractivity contribution >= 4 is 22.9 Å². The number of hydrazone groups is 1. The van der Waals surface area contributed by atoms with Crippen LogP contribution in [0.4, 0.5) is 0 Å². The van der Waals surface area contributed by atoms with E-state index in [4.69, 9.17) is 0 Å². The van der Waals surface area contributed by atoms with Crippen LogP contribution in [0.3, 0.4) is 0 Å². The molecule has 1 N–H and O–H groups in total. The number of hydrogen-bond donors (Lipinski definition) is 1. The molecule has 0 aliphatic heterocycles. The number of nitrogens with one attached hydrogen (secondary N) is 1. The summed E-state index contributed by atoms with van der Waals surface area (Å²) in [5.74, 6) is -0.251. The molecule has 33 heavy (non-hydrogen) atoms. The lowest BCUT2D eigenvalue weighted by Crippen LogP contribution is -2.18. The van der Waals surface area contributed by atoms with Gasteiger partial charge in [0, 0.05) is 34.5 Å². The summed E-state index contributed by atoms with van der Waals surface area (Å²) in [6.45, 7) is 4.10. The van der Waals surface area contributed by atoms with Gasteiger partial charge in [-0.3, -0.25) is 4.79 Å². The van der Waals surface area contributed by atoms with Crippen LogP contribution in [0.25, 0.3) is 22.1 Å². The zero-order valence-electron chi connectivity index (χ0n) is 18.6. The molecule has 3 aromatic carbocycles. The van der Waals surface area contributed by atoms with E-state index in [1.54, 1.807) is 12.3 Å². The third-order valence-corrected chi connectivity index (χ3v) is 5.79. The second kappa shape index (κ2) is 8.63. The number of benzene rings is 3. The van der Waals surface area contributed by atoms with Crippen molar-refractivity contribution in [3.63, 3.8) is 0 Å². The summed E-state index contributed by atoms with van der Waals surface area (Å²) < 4.78 is 4.16. The predicted molar refractivity (Wildman–Crippen MR) is 134 cm³/mol. The van der Waals surface area contributed by atoms with E-state index in [1.807, 2.05) is 53.2 Å². The van der Waals surface area contributed by atoms with Gasteiger partial charge in [-0.2, -0.15) is 5.10 Å². The third-order valence-electron chi connectivity index (χ3n) is 5.79. The molecule has 0 saturated heterocycles. The van der Waals surface area contributed by atoms with Gasteiger partial charge in [0.15, 0.2) is 0 Å². The van der Waals surface area contributed by atoms with Gasteiger partial charge in [-0.05, 0) is 79.2 Å². The Balaban J connectivity index is 1.34. The lowest BCUT2D eigenvalue weighted by atomic mass is 10.1. The molecule has 0 saturated carbocycles. The van der Waals surface area contributed by atoms with E-state index in [0.29, 0.717) is 5.56 Å². The Labute approximate surface area is 192 Å². The van der Waals surface area contributed by atoms with Gasteiger partial charge in [0.1, 0.15) is 0 Å². The fraction of sp³-hybridized carbons (Fsp3) is 0.0714. The molecule has 5 rings (SSSR count). The van der Waals surface area contributed by atoms with Crippen molar-refractivity contribution in [2.75, 3.05) is 0 Å². The molecule has 5 aromatic rings. The molecule has 1 amide bonds. The number of hydrogen-bond acceptors (Lipinski definition) is 2. The number of carbonyl (C=O) groups is 1. The van der Waals surface area contributed by atoms with Crippen LogP contribution in [-0.4, -0.2) is 21.3 Å². The third kappa shape index (κ3) is 4.08. The molecule has 0 spiro atoms. The molecule has 162 valence electrons. The van der Waals surface area contributed by atoms with E-state index in [2.05, 4.69) is 71.4 Å². The fourth-order valence-electron chi connectivity index (χ4n) is 4.14. The molecular weight excluding hydrogens is 408 g/mol. The Morgan fingerprint density at radius 2 is 1.58 bits per heavy atom. The normalized spacial score (nSPS) is 11.3. The Hall–Kier alpha value is -4.38. The zero-order valence-corrected chi connectivity index (χ0v) is 18.6. The monoisotopic (exact) mass is 432 g/mol. The minimum Gasteiger partial charge on any atom is -0.318 e. The summed E-state index contributed by atoms with van der Waals surface area (Å²) in [5.41, 5.74) is 8.33. The molecule has 0 aliphatic rings. The van der Waals surface area contributed by atoms with Crippen LogP contribution in [-0.2, 0) is 0 Å². The van der Waals surface area contributed by atoms with Gasteiger partial charge in [-0.15, -0.1) is 0 Å². The van der Waals surface area contributed by atoms with E-state index >= 15 is 0 Å². The van der Waals surface area contributed by atoms with Crippen LogP contribution in [0.15, 0.2) is 102 Å². The molecule has 5 nitrogen and oxygen atoms in total. The maximum Gasteiger partial charge on any atom is 0.271 e. The SMILES string of the molecule is Cc1ccc(C)n1-c1cccc(C(=O)N/N=C/c2cccn2-c2ccc3ccccc3c2)c1. The lowest BCUT2D eigenvalue weighted by molar-refractivity contribution is 0.0955. The first-order valence-electron chi connectivity index (χ1n) is 10.9. The first-order valence-corrected chi connectivity index (χ1v) is 10.9. The van der Waals surface area contributed by atoms with Crippen molar-refractivity contribution < 1.29 is 4.79 Å². The number of rotatable bonds is 5. The van der Waals surface area contributed by atoms with Gasteiger partial charge in [0.25, 0.3) is 5.91 Å². The fourth-order valence-corrected chi connectivity index (χ4v) is 4.14. The van der Waals surface area contributed by atoms with Gasteiger partial charge in [-0.1, -0.05) is 36.4 Å². The molecule has 2 heterocycles. The van der Waals surface area contributed by atoms with Gasteiger partial charge in [-0.25, -0.2) is 5.43 Å². The van der Waals surface area contributed by atoms with Crippen LogP contribution in [0.1, 0.15) is 27.4 Å². The quantitative estimate of drug-likeness (QED) is 0.277. The minimum atomic E-state index is -0.251. The smallest absolute Gasteiger partial charge is 0.271 e. The number of nitrogens with zero attached hydrogens (tertiary/aromatic N) is 3. The Morgan fingerprint density at radius 3 is 2.39 bits per heavy atom. The second-order valence-electron chi connectivity index (χ2n) is 8.04. The highest BCUT2D eigenvalue weighted by molar-refractivity contribution is 5.95. The second-order valence-corrected chi connectivity index (χ2v) is 8.04. The molecule has 0 aliphatic carbocycles. The first-order chi connectivity index (χ1) is 16.1. The van der Waals surface area contributed by atoms with E-state index in [1.165, 1.54) is 10.8 Å². The summed E-state index contributed by atoms with van der Waals surface area (Å²) >= 11 is 0. The zero-order chi connectivity index (χ0) is 22.8. The molecule has 5 heteroatoms.